The molecule has 1 unspecified atom stereocenters. The Bertz CT molecular complexity index is 670. The normalized spacial score (nSPS) is 23.8. The van der Waals surface area contributed by atoms with Gasteiger partial charge in [-0.15, -0.1) is 0 Å². The Morgan fingerprint density at radius 2 is 2.05 bits per heavy atom. The second-order valence-electron chi connectivity index (χ2n) is 5.29. The fourth-order valence-corrected chi connectivity index (χ4v) is 3.37. The molecule has 1 aromatic heterocycles. The number of nitrogens with zero attached hydrogens (tertiary/aromatic N) is 2. The van der Waals surface area contributed by atoms with Crippen LogP contribution in [0.25, 0.3) is 0 Å². The number of amides is 1. The van der Waals surface area contributed by atoms with E-state index >= 15 is 0 Å². The van der Waals surface area contributed by atoms with E-state index in [9.17, 15) is 4.79 Å². The van der Waals surface area contributed by atoms with Crippen LogP contribution >= 0.6 is 0 Å². The number of carbonyl (C=O) groups is 1. The van der Waals surface area contributed by atoms with Crippen LogP contribution in [-0.4, -0.2) is 28.9 Å². The molecule has 1 aromatic carbocycles. The first-order chi connectivity index (χ1) is 9.81. The molecule has 0 aliphatic carbocycles. The first-order valence-corrected chi connectivity index (χ1v) is 6.88. The summed E-state index contributed by atoms with van der Waals surface area (Å²) < 4.78 is 0. The zero-order valence-electron chi connectivity index (χ0n) is 11.0. The van der Waals surface area contributed by atoms with Gasteiger partial charge >= 0.3 is 0 Å². The van der Waals surface area contributed by atoms with E-state index in [0.717, 1.165) is 29.9 Å². The van der Waals surface area contributed by atoms with Gasteiger partial charge in [0.2, 0.25) is 0 Å². The maximum absolute atomic E-state index is 12.5. The van der Waals surface area contributed by atoms with Crippen LogP contribution in [0, 0.1) is 0 Å². The molecule has 4 nitrogen and oxygen atoms in total. The van der Waals surface area contributed by atoms with Crippen LogP contribution < -0.4 is 5.32 Å². The third-order valence-corrected chi connectivity index (χ3v) is 4.22. The Labute approximate surface area is 117 Å². The lowest BCUT2D eigenvalue weighted by Gasteiger charge is -2.32. The average molecular weight is 265 g/mol. The minimum Gasteiger partial charge on any atom is -0.314 e. The van der Waals surface area contributed by atoms with Gasteiger partial charge in [-0.1, -0.05) is 24.3 Å². The van der Waals surface area contributed by atoms with E-state index in [-0.39, 0.29) is 5.91 Å². The molecule has 0 radical (unpaired) electrons. The molecule has 2 aliphatic heterocycles. The summed E-state index contributed by atoms with van der Waals surface area (Å²) in [5.74, 6) is 0.126. The molecular weight excluding hydrogens is 250 g/mol. The van der Waals surface area contributed by atoms with Crippen molar-refractivity contribution in [3.63, 3.8) is 0 Å². The van der Waals surface area contributed by atoms with Crippen molar-refractivity contribution >= 4 is 5.91 Å². The Kier molecular flexibility index (Phi) is 2.41. The zero-order valence-corrected chi connectivity index (χ0v) is 11.0. The van der Waals surface area contributed by atoms with Crippen molar-refractivity contribution in [2.75, 3.05) is 13.1 Å². The molecule has 1 saturated heterocycles. The molecule has 0 saturated carbocycles. The summed E-state index contributed by atoms with van der Waals surface area (Å²) in [4.78, 5) is 18.9. The van der Waals surface area contributed by atoms with Crippen molar-refractivity contribution in [2.24, 2.45) is 0 Å². The number of fused-ring (bicyclic) bond motifs is 3. The molecule has 0 spiro atoms. The Hall–Kier alpha value is -2.20. The molecule has 1 N–H and O–H groups in total. The molecule has 4 heteroatoms. The van der Waals surface area contributed by atoms with Crippen molar-refractivity contribution in [1.29, 1.82) is 0 Å². The predicted molar refractivity (Wildman–Crippen MR) is 75.1 cm³/mol. The van der Waals surface area contributed by atoms with Crippen LogP contribution in [0.4, 0.5) is 0 Å². The number of aromatic nitrogens is 1. The summed E-state index contributed by atoms with van der Waals surface area (Å²) in [5.41, 5.74) is 2.47. The SMILES string of the molecule is O=C1c2ccccc2C2(Cc3ccccn3)NCCN12. The first-order valence-electron chi connectivity index (χ1n) is 6.88. The van der Waals surface area contributed by atoms with E-state index in [1.807, 2.05) is 41.3 Å². The monoisotopic (exact) mass is 265 g/mol. The topological polar surface area (TPSA) is 45.2 Å². The second kappa shape index (κ2) is 4.15. The Morgan fingerprint density at radius 3 is 2.90 bits per heavy atom. The fraction of sp³-hybridized carbons (Fsp3) is 0.250. The largest absolute Gasteiger partial charge is 0.314 e. The fourth-order valence-electron chi connectivity index (χ4n) is 3.37. The van der Waals surface area contributed by atoms with Gasteiger partial charge in [-0.05, 0) is 18.2 Å². The van der Waals surface area contributed by atoms with Gasteiger partial charge in [-0.2, -0.15) is 0 Å². The Balaban J connectivity index is 1.84. The zero-order chi connectivity index (χ0) is 13.6. The summed E-state index contributed by atoms with van der Waals surface area (Å²) in [7, 11) is 0. The third kappa shape index (κ3) is 1.45. The number of hydrogen-bond donors (Lipinski definition) is 1. The molecule has 100 valence electrons. The molecule has 20 heavy (non-hydrogen) atoms. The molecule has 1 atom stereocenters. The highest BCUT2D eigenvalue weighted by atomic mass is 16.2. The first kappa shape index (κ1) is 11.6. The average Bonchev–Trinajstić information content (AvgIpc) is 3.00. The Morgan fingerprint density at radius 1 is 1.20 bits per heavy atom. The molecule has 2 aliphatic rings. The lowest BCUT2D eigenvalue weighted by Crippen LogP contribution is -2.47. The summed E-state index contributed by atoms with van der Waals surface area (Å²) in [6, 6.07) is 13.8. The molecule has 2 aromatic rings. The number of hydrogen-bond acceptors (Lipinski definition) is 3. The molecule has 1 fully saturated rings. The van der Waals surface area contributed by atoms with Gasteiger partial charge in [0, 0.05) is 42.5 Å². The van der Waals surface area contributed by atoms with Crippen LogP contribution in [0.15, 0.2) is 48.7 Å². The molecule has 4 rings (SSSR count). The maximum atomic E-state index is 12.5. The van der Waals surface area contributed by atoms with Gasteiger partial charge in [-0.3, -0.25) is 15.1 Å². The summed E-state index contributed by atoms with van der Waals surface area (Å²) in [6.45, 7) is 1.58. The van der Waals surface area contributed by atoms with Crippen molar-refractivity contribution in [1.82, 2.24) is 15.2 Å². The summed E-state index contributed by atoms with van der Waals surface area (Å²) in [6.07, 6.45) is 2.50. The highest BCUT2D eigenvalue weighted by molar-refractivity contribution is 6.00. The smallest absolute Gasteiger partial charge is 0.256 e. The summed E-state index contributed by atoms with van der Waals surface area (Å²) >= 11 is 0. The van der Waals surface area contributed by atoms with E-state index in [1.54, 1.807) is 6.20 Å². The molecular formula is C16H15N3O. The predicted octanol–water partition coefficient (Wildman–Crippen LogP) is 1.54. The number of nitrogens with one attached hydrogen (secondary N) is 1. The quantitative estimate of drug-likeness (QED) is 0.896. The van der Waals surface area contributed by atoms with Gasteiger partial charge in [0.15, 0.2) is 0 Å². The van der Waals surface area contributed by atoms with Gasteiger partial charge in [0.05, 0.1) is 0 Å². The second-order valence-corrected chi connectivity index (χ2v) is 5.29. The maximum Gasteiger partial charge on any atom is 0.256 e. The lowest BCUT2D eigenvalue weighted by molar-refractivity contribution is 0.0629. The van der Waals surface area contributed by atoms with E-state index < -0.39 is 5.66 Å². The van der Waals surface area contributed by atoms with Crippen molar-refractivity contribution < 1.29 is 4.79 Å². The van der Waals surface area contributed by atoms with Gasteiger partial charge < -0.3 is 4.90 Å². The van der Waals surface area contributed by atoms with E-state index in [1.165, 1.54) is 0 Å². The van der Waals surface area contributed by atoms with Gasteiger partial charge in [0.1, 0.15) is 5.66 Å². The van der Waals surface area contributed by atoms with Crippen molar-refractivity contribution in [3.05, 3.63) is 65.5 Å². The third-order valence-electron chi connectivity index (χ3n) is 4.22. The minimum absolute atomic E-state index is 0.126. The van der Waals surface area contributed by atoms with Gasteiger partial charge in [-0.25, -0.2) is 0 Å². The van der Waals surface area contributed by atoms with E-state index in [0.29, 0.717) is 6.42 Å². The number of carbonyl (C=O) groups excluding carboxylic acids is 1. The number of rotatable bonds is 2. The molecule has 3 heterocycles. The van der Waals surface area contributed by atoms with E-state index in [2.05, 4.69) is 16.4 Å². The number of pyridine rings is 1. The molecule has 1 amide bonds. The highest BCUT2D eigenvalue weighted by Gasteiger charge is 2.52. The molecule has 0 bridgehead atoms. The van der Waals surface area contributed by atoms with Crippen LogP contribution in [0.1, 0.15) is 21.6 Å². The van der Waals surface area contributed by atoms with Crippen LogP contribution in [0.3, 0.4) is 0 Å². The van der Waals surface area contributed by atoms with Crippen LogP contribution in [0.5, 0.6) is 0 Å². The van der Waals surface area contributed by atoms with Crippen LogP contribution in [-0.2, 0) is 12.1 Å². The van der Waals surface area contributed by atoms with Crippen molar-refractivity contribution in [3.8, 4) is 0 Å². The van der Waals surface area contributed by atoms with Gasteiger partial charge in [0.25, 0.3) is 5.91 Å². The summed E-state index contributed by atoms with van der Waals surface area (Å²) in [5, 5.41) is 3.53. The minimum atomic E-state index is -0.415. The van der Waals surface area contributed by atoms with E-state index in [4.69, 9.17) is 0 Å². The van der Waals surface area contributed by atoms with Crippen LogP contribution in [0.2, 0.25) is 0 Å². The highest BCUT2D eigenvalue weighted by Crippen LogP contribution is 2.41. The lowest BCUT2D eigenvalue weighted by atomic mass is 9.94. The van der Waals surface area contributed by atoms with Crippen molar-refractivity contribution in [2.45, 2.75) is 12.1 Å². The standard InChI is InChI=1S/C16H15N3O/c20-15-13-6-1-2-7-14(13)16(18-9-10-19(15)16)11-12-5-3-4-8-17-12/h1-8,18H,9-11H2. The number of benzene rings is 1.